The molecular formula is C21H20N4O3S2. The molecule has 1 aromatic carbocycles. The number of thiazole rings is 1. The van der Waals surface area contributed by atoms with Crippen LogP contribution >= 0.6 is 22.7 Å². The molecule has 0 fully saturated rings. The Kier molecular flexibility index (Phi) is 5.00. The van der Waals surface area contributed by atoms with Gasteiger partial charge in [0.1, 0.15) is 16.4 Å². The van der Waals surface area contributed by atoms with Crippen molar-refractivity contribution in [3.8, 4) is 5.75 Å². The van der Waals surface area contributed by atoms with E-state index in [-0.39, 0.29) is 17.9 Å². The van der Waals surface area contributed by atoms with Crippen molar-refractivity contribution in [2.45, 2.75) is 38.5 Å². The van der Waals surface area contributed by atoms with E-state index < -0.39 is 0 Å². The highest BCUT2D eigenvalue weighted by Gasteiger charge is 2.20. The molecule has 154 valence electrons. The van der Waals surface area contributed by atoms with Gasteiger partial charge in [0.15, 0.2) is 5.13 Å². The summed E-state index contributed by atoms with van der Waals surface area (Å²) < 4.78 is 6.17. The van der Waals surface area contributed by atoms with Gasteiger partial charge in [0.25, 0.3) is 5.56 Å². The smallest absolute Gasteiger partial charge is 0.259 e. The SMILES string of the molecule is COc1ccc2nc(NC(=O)CCc3nc4sc5c(c4c(=O)[nH]3)CCCC5)sc2c1. The number of aromatic amines is 1. The van der Waals surface area contributed by atoms with Gasteiger partial charge < -0.3 is 15.0 Å². The first-order valence-corrected chi connectivity index (χ1v) is 11.5. The molecule has 3 heterocycles. The van der Waals surface area contributed by atoms with Crippen molar-refractivity contribution >= 4 is 54.1 Å². The molecule has 0 bridgehead atoms. The number of benzene rings is 1. The van der Waals surface area contributed by atoms with Gasteiger partial charge in [-0.15, -0.1) is 11.3 Å². The lowest BCUT2D eigenvalue weighted by Crippen LogP contribution is -2.16. The molecule has 0 atom stereocenters. The fourth-order valence-corrected chi connectivity index (χ4v) is 6.02. The summed E-state index contributed by atoms with van der Waals surface area (Å²) in [6.45, 7) is 0. The molecule has 1 aliphatic rings. The lowest BCUT2D eigenvalue weighted by Gasteiger charge is -2.09. The minimum Gasteiger partial charge on any atom is -0.497 e. The van der Waals surface area contributed by atoms with Gasteiger partial charge in [0.2, 0.25) is 5.91 Å². The molecule has 0 spiro atoms. The molecule has 0 saturated heterocycles. The molecular weight excluding hydrogens is 420 g/mol. The molecule has 0 aliphatic heterocycles. The minimum atomic E-state index is -0.158. The monoisotopic (exact) mass is 440 g/mol. The van der Waals surface area contributed by atoms with Gasteiger partial charge in [0.05, 0.1) is 22.7 Å². The van der Waals surface area contributed by atoms with Gasteiger partial charge >= 0.3 is 0 Å². The van der Waals surface area contributed by atoms with Crippen LogP contribution in [0.15, 0.2) is 23.0 Å². The number of aromatic nitrogens is 3. The maximum Gasteiger partial charge on any atom is 0.259 e. The van der Waals surface area contributed by atoms with E-state index in [1.165, 1.54) is 28.2 Å². The Labute approximate surface area is 180 Å². The van der Waals surface area contributed by atoms with E-state index in [4.69, 9.17) is 4.74 Å². The third-order valence-electron chi connectivity index (χ3n) is 5.30. The minimum absolute atomic E-state index is 0.0880. The van der Waals surface area contributed by atoms with Crippen molar-refractivity contribution in [3.63, 3.8) is 0 Å². The first kappa shape index (κ1) is 19.2. The van der Waals surface area contributed by atoms with Crippen LogP contribution in [0.4, 0.5) is 5.13 Å². The van der Waals surface area contributed by atoms with Crippen LogP contribution in [-0.2, 0) is 24.1 Å². The van der Waals surface area contributed by atoms with E-state index in [0.717, 1.165) is 45.4 Å². The number of methoxy groups -OCH3 is 1. The largest absolute Gasteiger partial charge is 0.497 e. The molecule has 5 rings (SSSR count). The predicted molar refractivity (Wildman–Crippen MR) is 120 cm³/mol. The second kappa shape index (κ2) is 7.81. The number of hydrogen-bond donors (Lipinski definition) is 2. The second-order valence-electron chi connectivity index (χ2n) is 7.30. The molecule has 1 aliphatic carbocycles. The van der Waals surface area contributed by atoms with Gasteiger partial charge in [-0.1, -0.05) is 11.3 Å². The number of aryl methyl sites for hydroxylation is 3. The highest BCUT2D eigenvalue weighted by molar-refractivity contribution is 7.22. The van der Waals surface area contributed by atoms with Crippen molar-refractivity contribution in [1.82, 2.24) is 15.0 Å². The van der Waals surface area contributed by atoms with E-state index in [9.17, 15) is 9.59 Å². The van der Waals surface area contributed by atoms with Gasteiger partial charge in [-0.05, 0) is 49.4 Å². The third kappa shape index (κ3) is 3.59. The first-order chi connectivity index (χ1) is 14.6. The maximum absolute atomic E-state index is 12.6. The van der Waals surface area contributed by atoms with E-state index in [0.29, 0.717) is 17.4 Å². The standard InChI is InChI=1S/C21H20N4O3S2/c1-28-11-6-7-13-15(10-11)30-21(22-13)25-17(26)9-8-16-23-19(27)18-12-4-2-3-5-14(12)29-20(18)24-16/h6-7,10H,2-5,8-9H2,1H3,(H,22,25,26)(H,23,24,27). The molecule has 0 saturated carbocycles. The summed E-state index contributed by atoms with van der Waals surface area (Å²) >= 11 is 3.02. The number of ether oxygens (including phenoxy) is 1. The Morgan fingerprint density at radius 1 is 1.23 bits per heavy atom. The van der Waals surface area contributed by atoms with Crippen LogP contribution in [0, 0.1) is 0 Å². The van der Waals surface area contributed by atoms with E-state index in [2.05, 4.69) is 20.3 Å². The van der Waals surface area contributed by atoms with E-state index in [1.807, 2.05) is 18.2 Å². The summed E-state index contributed by atoms with van der Waals surface area (Å²) in [7, 11) is 1.62. The average molecular weight is 441 g/mol. The van der Waals surface area contributed by atoms with Crippen LogP contribution in [-0.4, -0.2) is 28.0 Å². The molecule has 0 radical (unpaired) electrons. The highest BCUT2D eigenvalue weighted by Crippen LogP contribution is 2.33. The summed E-state index contributed by atoms with van der Waals surface area (Å²) in [5.74, 6) is 1.15. The van der Waals surface area contributed by atoms with Gasteiger partial charge in [0, 0.05) is 17.7 Å². The van der Waals surface area contributed by atoms with Crippen LogP contribution in [0.3, 0.4) is 0 Å². The van der Waals surface area contributed by atoms with Gasteiger partial charge in [-0.2, -0.15) is 0 Å². The summed E-state index contributed by atoms with van der Waals surface area (Å²) in [6, 6.07) is 5.60. The Hall–Kier alpha value is -2.78. The Balaban J connectivity index is 1.29. The van der Waals surface area contributed by atoms with Crippen LogP contribution in [0.5, 0.6) is 5.75 Å². The fourth-order valence-electron chi connectivity index (χ4n) is 3.83. The van der Waals surface area contributed by atoms with Gasteiger partial charge in [-0.25, -0.2) is 9.97 Å². The lowest BCUT2D eigenvalue weighted by molar-refractivity contribution is -0.116. The van der Waals surface area contributed by atoms with Crippen molar-refractivity contribution in [2.24, 2.45) is 0 Å². The summed E-state index contributed by atoms with van der Waals surface area (Å²) in [6.07, 6.45) is 4.87. The fraction of sp³-hybridized carbons (Fsp3) is 0.333. The molecule has 7 nitrogen and oxygen atoms in total. The van der Waals surface area contributed by atoms with Crippen molar-refractivity contribution in [3.05, 3.63) is 44.8 Å². The van der Waals surface area contributed by atoms with Crippen LogP contribution in [0.25, 0.3) is 20.4 Å². The lowest BCUT2D eigenvalue weighted by atomic mass is 9.97. The number of thiophene rings is 1. The van der Waals surface area contributed by atoms with Crippen molar-refractivity contribution in [1.29, 1.82) is 0 Å². The van der Waals surface area contributed by atoms with E-state index in [1.54, 1.807) is 18.4 Å². The predicted octanol–water partition coefficient (Wildman–Crippen LogP) is 4.05. The second-order valence-corrected chi connectivity index (χ2v) is 9.42. The number of H-pyrrole nitrogens is 1. The van der Waals surface area contributed by atoms with Crippen LogP contribution in [0.2, 0.25) is 0 Å². The van der Waals surface area contributed by atoms with E-state index >= 15 is 0 Å². The molecule has 1 amide bonds. The zero-order chi connectivity index (χ0) is 20.7. The first-order valence-electron chi connectivity index (χ1n) is 9.88. The Bertz CT molecular complexity index is 1320. The summed E-state index contributed by atoms with van der Waals surface area (Å²) in [4.78, 5) is 39.0. The molecule has 3 aromatic heterocycles. The average Bonchev–Trinajstić information content (AvgIpc) is 3.31. The number of rotatable bonds is 5. The van der Waals surface area contributed by atoms with Gasteiger partial charge in [-0.3, -0.25) is 9.59 Å². The maximum atomic E-state index is 12.6. The molecule has 2 N–H and O–H groups in total. The number of nitrogens with one attached hydrogen (secondary N) is 2. The third-order valence-corrected chi connectivity index (χ3v) is 7.42. The number of carbonyl (C=O) groups is 1. The van der Waals surface area contributed by atoms with Crippen LogP contribution in [0.1, 0.15) is 35.5 Å². The number of anilines is 1. The number of carbonyl (C=O) groups excluding carboxylic acids is 1. The topological polar surface area (TPSA) is 97.0 Å². The molecule has 0 unspecified atom stereocenters. The Morgan fingerprint density at radius 2 is 2.10 bits per heavy atom. The number of amides is 1. The normalized spacial score (nSPS) is 13.5. The molecule has 9 heteroatoms. The zero-order valence-corrected chi connectivity index (χ0v) is 18.0. The van der Waals surface area contributed by atoms with Crippen molar-refractivity contribution in [2.75, 3.05) is 12.4 Å². The summed E-state index contributed by atoms with van der Waals surface area (Å²) in [5, 5.41) is 4.13. The molecule has 4 aromatic rings. The number of hydrogen-bond acceptors (Lipinski definition) is 7. The number of fused-ring (bicyclic) bond motifs is 4. The van der Waals surface area contributed by atoms with Crippen LogP contribution < -0.4 is 15.6 Å². The quantitative estimate of drug-likeness (QED) is 0.488. The van der Waals surface area contributed by atoms with Crippen molar-refractivity contribution < 1.29 is 9.53 Å². The Morgan fingerprint density at radius 3 is 2.97 bits per heavy atom. The highest BCUT2D eigenvalue weighted by atomic mass is 32.1. The summed E-state index contributed by atoms with van der Waals surface area (Å²) in [5.41, 5.74) is 1.90. The number of nitrogens with zero attached hydrogens (tertiary/aromatic N) is 2. The molecule has 30 heavy (non-hydrogen) atoms. The zero-order valence-electron chi connectivity index (χ0n) is 16.4.